The van der Waals surface area contributed by atoms with E-state index in [-0.39, 0.29) is 5.56 Å². The molecule has 2 aromatic rings. The summed E-state index contributed by atoms with van der Waals surface area (Å²) in [6, 6.07) is 12.5. The largest absolute Gasteiger partial charge is 0.497 e. The number of fused-ring (bicyclic) bond motifs is 1. The Morgan fingerprint density at radius 3 is 2.24 bits per heavy atom. The molecule has 33 heavy (non-hydrogen) atoms. The summed E-state index contributed by atoms with van der Waals surface area (Å²) in [6.45, 7) is 1.46. The Bertz CT molecular complexity index is 1140. The number of hydrazine groups is 1. The predicted octanol–water partition coefficient (Wildman–Crippen LogP) is 3.93. The molecule has 0 aromatic heterocycles. The normalized spacial score (nSPS) is 19.7. The second-order valence-electron chi connectivity index (χ2n) is 8.21. The van der Waals surface area contributed by atoms with E-state index in [9.17, 15) is 19.2 Å². The van der Waals surface area contributed by atoms with E-state index in [1.165, 1.54) is 19.2 Å². The number of halogens is 1. The Balaban J connectivity index is 1.67. The minimum Gasteiger partial charge on any atom is -0.497 e. The monoisotopic (exact) mass is 466 g/mol. The number of Topliss-reactive ketones (excluding diaryl/α,β-unsaturated/α-hetero) is 1. The fourth-order valence-electron chi connectivity index (χ4n) is 4.24. The van der Waals surface area contributed by atoms with Crippen LogP contribution < -0.4 is 4.74 Å². The molecule has 1 fully saturated rings. The third-order valence-electron chi connectivity index (χ3n) is 6.07. The maximum Gasteiger partial charge on any atom is 0.273 e. The van der Waals surface area contributed by atoms with Gasteiger partial charge in [0.05, 0.1) is 18.9 Å². The number of ether oxygens (including phenoxy) is 1. The summed E-state index contributed by atoms with van der Waals surface area (Å²) in [5, 5.41) is 2.28. The zero-order valence-electron chi connectivity index (χ0n) is 18.3. The van der Waals surface area contributed by atoms with Crippen molar-refractivity contribution in [2.45, 2.75) is 19.8 Å². The van der Waals surface area contributed by atoms with Gasteiger partial charge in [0.1, 0.15) is 12.3 Å². The SMILES string of the molecule is COc1ccc(C(=O)CN(C(=O)c2ccc(Cl)cc2)N2C(=O)[C@@H]3CC=C(C)C[C@H]3C2=O)cc1. The van der Waals surface area contributed by atoms with Gasteiger partial charge in [0.15, 0.2) is 5.78 Å². The minimum atomic E-state index is -0.626. The Morgan fingerprint density at radius 2 is 1.61 bits per heavy atom. The third-order valence-corrected chi connectivity index (χ3v) is 6.32. The van der Waals surface area contributed by atoms with Crippen LogP contribution in [0.5, 0.6) is 5.75 Å². The van der Waals surface area contributed by atoms with Gasteiger partial charge in [-0.15, -0.1) is 0 Å². The van der Waals surface area contributed by atoms with E-state index in [4.69, 9.17) is 16.3 Å². The number of hydrogen-bond donors (Lipinski definition) is 0. The van der Waals surface area contributed by atoms with Crippen molar-refractivity contribution in [3.05, 3.63) is 76.3 Å². The smallest absolute Gasteiger partial charge is 0.273 e. The molecule has 0 spiro atoms. The van der Waals surface area contributed by atoms with E-state index in [1.807, 2.05) is 13.0 Å². The van der Waals surface area contributed by atoms with Crippen LogP contribution in [0, 0.1) is 11.8 Å². The molecule has 0 N–H and O–H groups in total. The first kappa shape index (κ1) is 22.7. The zero-order valence-corrected chi connectivity index (χ0v) is 19.0. The van der Waals surface area contributed by atoms with Crippen LogP contribution in [0.1, 0.15) is 40.5 Å². The van der Waals surface area contributed by atoms with Gasteiger partial charge in [0, 0.05) is 16.1 Å². The molecule has 1 heterocycles. The molecule has 1 aliphatic carbocycles. The molecule has 170 valence electrons. The highest BCUT2D eigenvalue weighted by atomic mass is 35.5. The van der Waals surface area contributed by atoms with Gasteiger partial charge in [-0.05, 0) is 68.3 Å². The lowest BCUT2D eigenvalue weighted by atomic mass is 9.82. The lowest BCUT2D eigenvalue weighted by Gasteiger charge is -2.30. The first-order chi connectivity index (χ1) is 15.8. The number of allylic oxidation sites excluding steroid dienone is 2. The maximum absolute atomic E-state index is 13.4. The summed E-state index contributed by atoms with van der Waals surface area (Å²) >= 11 is 5.94. The average molecular weight is 467 g/mol. The highest BCUT2D eigenvalue weighted by Crippen LogP contribution is 2.38. The molecule has 8 heteroatoms. The molecule has 0 unspecified atom stereocenters. The van der Waals surface area contributed by atoms with E-state index in [1.54, 1.807) is 36.4 Å². The van der Waals surface area contributed by atoms with Crippen LogP contribution >= 0.6 is 11.6 Å². The second kappa shape index (κ2) is 9.19. The van der Waals surface area contributed by atoms with Crippen molar-refractivity contribution in [3.8, 4) is 5.75 Å². The number of benzene rings is 2. The number of amides is 3. The topological polar surface area (TPSA) is 84.0 Å². The van der Waals surface area contributed by atoms with Gasteiger partial charge in [-0.2, -0.15) is 5.01 Å². The number of imide groups is 1. The van der Waals surface area contributed by atoms with E-state index >= 15 is 0 Å². The third kappa shape index (κ3) is 4.41. The molecular weight excluding hydrogens is 444 g/mol. The van der Waals surface area contributed by atoms with Crippen LogP contribution in [0.4, 0.5) is 0 Å². The lowest BCUT2D eigenvalue weighted by Crippen LogP contribution is -2.52. The number of hydrogen-bond acceptors (Lipinski definition) is 5. The Labute approximate surface area is 196 Å². The van der Waals surface area contributed by atoms with Crippen molar-refractivity contribution in [1.82, 2.24) is 10.0 Å². The molecule has 2 aliphatic rings. The number of nitrogens with zero attached hydrogens (tertiary/aromatic N) is 2. The summed E-state index contributed by atoms with van der Waals surface area (Å²) in [5.41, 5.74) is 1.58. The van der Waals surface area contributed by atoms with Gasteiger partial charge in [-0.3, -0.25) is 19.2 Å². The van der Waals surface area contributed by atoms with Gasteiger partial charge in [-0.25, -0.2) is 5.01 Å². The average Bonchev–Trinajstić information content (AvgIpc) is 3.06. The fraction of sp³-hybridized carbons (Fsp3) is 0.280. The van der Waals surface area contributed by atoms with Gasteiger partial charge in [0.2, 0.25) is 0 Å². The zero-order chi connectivity index (χ0) is 23.7. The quantitative estimate of drug-likeness (QED) is 0.366. The second-order valence-corrected chi connectivity index (χ2v) is 8.65. The number of methoxy groups -OCH3 is 1. The summed E-state index contributed by atoms with van der Waals surface area (Å²) < 4.78 is 5.12. The van der Waals surface area contributed by atoms with Gasteiger partial charge in [-0.1, -0.05) is 23.3 Å². The van der Waals surface area contributed by atoms with E-state index < -0.39 is 41.9 Å². The maximum atomic E-state index is 13.4. The molecule has 3 amide bonds. The Morgan fingerprint density at radius 1 is 1.00 bits per heavy atom. The minimum absolute atomic E-state index is 0.215. The van der Waals surface area contributed by atoms with Gasteiger partial charge < -0.3 is 4.74 Å². The molecule has 4 rings (SSSR count). The molecule has 1 saturated heterocycles. The first-order valence-electron chi connectivity index (χ1n) is 10.6. The van der Waals surface area contributed by atoms with Crippen LogP contribution in [0.25, 0.3) is 0 Å². The highest BCUT2D eigenvalue weighted by Gasteiger charge is 2.51. The summed E-state index contributed by atoms with van der Waals surface area (Å²) in [5.74, 6) is -2.43. The number of ketones is 1. The molecule has 1 aliphatic heterocycles. The van der Waals surface area contributed by atoms with Crippen LogP contribution in [0.3, 0.4) is 0 Å². The summed E-state index contributed by atoms with van der Waals surface area (Å²) in [6.07, 6.45) is 2.85. The van der Waals surface area contributed by atoms with Crippen LogP contribution in [-0.2, 0) is 9.59 Å². The molecule has 0 bridgehead atoms. The standard InChI is InChI=1S/C25H23ClN2O5/c1-15-3-12-20-21(13-15)25(32)28(24(20)31)27(23(30)17-4-8-18(26)9-5-17)14-22(29)16-6-10-19(33-2)11-7-16/h3-11,20-21H,12-14H2,1-2H3/t20-,21-/m1/s1. The predicted molar refractivity (Wildman–Crippen MR) is 122 cm³/mol. The molecule has 2 aromatic carbocycles. The molecule has 2 atom stereocenters. The number of carbonyl (C=O) groups is 4. The summed E-state index contributed by atoms with van der Waals surface area (Å²) in [7, 11) is 1.52. The van der Waals surface area contributed by atoms with Crippen LogP contribution in [0.2, 0.25) is 5.02 Å². The van der Waals surface area contributed by atoms with Crippen molar-refractivity contribution in [2.75, 3.05) is 13.7 Å². The van der Waals surface area contributed by atoms with E-state index in [2.05, 4.69) is 0 Å². The van der Waals surface area contributed by atoms with E-state index in [0.29, 0.717) is 29.2 Å². The van der Waals surface area contributed by atoms with Crippen molar-refractivity contribution in [3.63, 3.8) is 0 Å². The highest BCUT2D eigenvalue weighted by molar-refractivity contribution is 6.30. The summed E-state index contributed by atoms with van der Waals surface area (Å²) in [4.78, 5) is 53.0. The Hall–Kier alpha value is -3.45. The molecular formula is C25H23ClN2O5. The van der Waals surface area contributed by atoms with Crippen molar-refractivity contribution in [1.29, 1.82) is 0 Å². The molecule has 0 radical (unpaired) electrons. The number of rotatable bonds is 6. The van der Waals surface area contributed by atoms with Crippen molar-refractivity contribution in [2.24, 2.45) is 11.8 Å². The van der Waals surface area contributed by atoms with Crippen molar-refractivity contribution >= 4 is 35.1 Å². The van der Waals surface area contributed by atoms with Gasteiger partial charge in [0.25, 0.3) is 17.7 Å². The molecule has 0 saturated carbocycles. The van der Waals surface area contributed by atoms with Gasteiger partial charge >= 0.3 is 0 Å². The fourth-order valence-corrected chi connectivity index (χ4v) is 4.36. The Kier molecular flexibility index (Phi) is 6.33. The number of carbonyl (C=O) groups excluding carboxylic acids is 4. The first-order valence-corrected chi connectivity index (χ1v) is 11.0. The van der Waals surface area contributed by atoms with Crippen LogP contribution in [0.15, 0.2) is 60.2 Å². The molecule has 7 nitrogen and oxygen atoms in total. The van der Waals surface area contributed by atoms with Crippen molar-refractivity contribution < 1.29 is 23.9 Å². The van der Waals surface area contributed by atoms with Crippen LogP contribution in [-0.4, -0.2) is 47.2 Å². The lowest BCUT2D eigenvalue weighted by molar-refractivity contribution is -0.154. The van der Waals surface area contributed by atoms with E-state index in [0.717, 1.165) is 15.6 Å².